The van der Waals surface area contributed by atoms with Gasteiger partial charge in [0.15, 0.2) is 9.84 Å². The second kappa shape index (κ2) is 7.52. The van der Waals surface area contributed by atoms with Crippen LogP contribution in [0.4, 0.5) is 5.69 Å². The van der Waals surface area contributed by atoms with Crippen LogP contribution in [0.2, 0.25) is 0 Å². The topological polar surface area (TPSA) is 92.3 Å². The Labute approximate surface area is 158 Å². The van der Waals surface area contributed by atoms with E-state index in [1.54, 1.807) is 24.3 Å². The van der Waals surface area contributed by atoms with E-state index >= 15 is 0 Å². The van der Waals surface area contributed by atoms with Crippen LogP contribution in [-0.2, 0) is 9.84 Å². The molecule has 2 N–H and O–H groups in total. The number of carbonyl (C=O) groups is 2. The third-order valence-corrected chi connectivity index (χ3v) is 6.46. The molecule has 2 aromatic rings. The van der Waals surface area contributed by atoms with Gasteiger partial charge in [-0.15, -0.1) is 0 Å². The van der Waals surface area contributed by atoms with Gasteiger partial charge in [0.1, 0.15) is 0 Å². The molecule has 0 spiro atoms. The molecule has 1 fully saturated rings. The van der Waals surface area contributed by atoms with Crippen LogP contribution in [0.15, 0.2) is 42.5 Å². The third-order valence-electron chi connectivity index (χ3n) is 4.70. The largest absolute Gasteiger partial charge is 0.348 e. The third kappa shape index (κ3) is 4.54. The maximum absolute atomic E-state index is 12.5. The summed E-state index contributed by atoms with van der Waals surface area (Å²) in [6.07, 6.45) is 0.435. The number of hydrogen-bond acceptors (Lipinski definition) is 4. The Balaban J connectivity index is 1.66. The molecule has 142 valence electrons. The average molecular weight is 386 g/mol. The van der Waals surface area contributed by atoms with E-state index in [1.807, 2.05) is 32.0 Å². The number of sulfone groups is 1. The highest BCUT2D eigenvalue weighted by atomic mass is 32.2. The molecule has 0 aliphatic carbocycles. The Morgan fingerprint density at radius 3 is 2.00 bits per heavy atom. The summed E-state index contributed by atoms with van der Waals surface area (Å²) in [4.78, 5) is 24.7. The number of anilines is 1. The van der Waals surface area contributed by atoms with E-state index in [9.17, 15) is 18.0 Å². The van der Waals surface area contributed by atoms with E-state index in [0.29, 0.717) is 17.5 Å². The minimum atomic E-state index is -3.05. The molecule has 0 radical (unpaired) electrons. The maximum atomic E-state index is 12.5. The summed E-state index contributed by atoms with van der Waals surface area (Å²) >= 11 is 0. The van der Waals surface area contributed by atoms with Gasteiger partial charge in [-0.05, 0) is 55.7 Å². The molecule has 1 saturated heterocycles. The number of nitrogens with one attached hydrogen (secondary N) is 2. The molecule has 1 unspecified atom stereocenters. The highest BCUT2D eigenvalue weighted by Gasteiger charge is 2.29. The van der Waals surface area contributed by atoms with Crippen LogP contribution in [0.25, 0.3) is 0 Å². The molecule has 2 amide bonds. The van der Waals surface area contributed by atoms with Gasteiger partial charge in [-0.25, -0.2) is 8.42 Å². The number of amides is 2. The summed E-state index contributed by atoms with van der Waals surface area (Å²) in [6, 6.07) is 11.8. The molecule has 1 aliphatic heterocycles. The lowest BCUT2D eigenvalue weighted by Gasteiger charge is -2.12. The van der Waals surface area contributed by atoms with Gasteiger partial charge in [-0.2, -0.15) is 0 Å². The van der Waals surface area contributed by atoms with Crippen LogP contribution < -0.4 is 10.6 Å². The molecule has 1 aliphatic rings. The lowest BCUT2D eigenvalue weighted by atomic mass is 10.1. The first-order chi connectivity index (χ1) is 12.7. The zero-order valence-corrected chi connectivity index (χ0v) is 16.1. The molecule has 6 nitrogen and oxygen atoms in total. The van der Waals surface area contributed by atoms with E-state index in [1.165, 1.54) is 0 Å². The van der Waals surface area contributed by atoms with E-state index < -0.39 is 9.84 Å². The Hall–Kier alpha value is -2.67. The van der Waals surface area contributed by atoms with Gasteiger partial charge in [0.25, 0.3) is 11.8 Å². The predicted octanol–water partition coefficient (Wildman–Crippen LogP) is 2.47. The van der Waals surface area contributed by atoms with Crippen molar-refractivity contribution in [1.29, 1.82) is 0 Å². The van der Waals surface area contributed by atoms with Crippen LogP contribution in [0.1, 0.15) is 38.3 Å². The summed E-state index contributed by atoms with van der Waals surface area (Å²) < 4.78 is 23.0. The van der Waals surface area contributed by atoms with Gasteiger partial charge in [0.2, 0.25) is 0 Å². The molecule has 1 atom stereocenters. The van der Waals surface area contributed by atoms with Crippen molar-refractivity contribution in [2.45, 2.75) is 26.3 Å². The van der Waals surface area contributed by atoms with Crippen molar-refractivity contribution < 1.29 is 18.0 Å². The van der Waals surface area contributed by atoms with Gasteiger partial charge in [0.05, 0.1) is 11.5 Å². The lowest BCUT2D eigenvalue weighted by molar-refractivity contribution is 0.0939. The Morgan fingerprint density at radius 2 is 1.48 bits per heavy atom. The number of para-hydroxylation sites is 1. The molecule has 2 aromatic carbocycles. The van der Waals surface area contributed by atoms with Crippen LogP contribution in [-0.4, -0.2) is 37.8 Å². The molecule has 7 heteroatoms. The first kappa shape index (κ1) is 19.1. The van der Waals surface area contributed by atoms with Gasteiger partial charge in [0, 0.05) is 22.9 Å². The number of benzene rings is 2. The zero-order valence-electron chi connectivity index (χ0n) is 15.3. The summed E-state index contributed by atoms with van der Waals surface area (Å²) in [7, 11) is -3.05. The number of hydrogen-bond donors (Lipinski definition) is 2. The molecule has 3 rings (SSSR count). The Kier molecular flexibility index (Phi) is 5.32. The van der Waals surface area contributed by atoms with Crippen molar-refractivity contribution in [1.82, 2.24) is 5.32 Å². The van der Waals surface area contributed by atoms with Crippen molar-refractivity contribution in [2.24, 2.45) is 0 Å². The quantitative estimate of drug-likeness (QED) is 0.844. The average Bonchev–Trinajstić information content (AvgIpc) is 2.96. The van der Waals surface area contributed by atoms with Gasteiger partial charge in [-0.1, -0.05) is 18.2 Å². The Morgan fingerprint density at radius 1 is 0.926 bits per heavy atom. The first-order valence-electron chi connectivity index (χ1n) is 8.74. The van der Waals surface area contributed by atoms with Crippen LogP contribution in [0.3, 0.4) is 0 Å². The highest BCUT2D eigenvalue weighted by Crippen LogP contribution is 2.20. The van der Waals surface area contributed by atoms with Crippen LogP contribution in [0, 0.1) is 13.8 Å². The fraction of sp³-hybridized carbons (Fsp3) is 0.300. The van der Waals surface area contributed by atoms with Gasteiger partial charge in [-0.3, -0.25) is 9.59 Å². The Bertz CT molecular complexity index is 961. The van der Waals surface area contributed by atoms with E-state index in [2.05, 4.69) is 10.6 Å². The molecular formula is C20H22N2O4S. The van der Waals surface area contributed by atoms with Crippen molar-refractivity contribution in [3.05, 3.63) is 64.7 Å². The summed E-state index contributed by atoms with van der Waals surface area (Å²) in [5.74, 6) is -0.496. The van der Waals surface area contributed by atoms with Crippen molar-refractivity contribution in [2.75, 3.05) is 16.8 Å². The van der Waals surface area contributed by atoms with Gasteiger partial charge >= 0.3 is 0 Å². The van der Waals surface area contributed by atoms with E-state index in [0.717, 1.165) is 16.8 Å². The SMILES string of the molecule is Cc1cccc(C)c1NC(=O)c1ccc(C(=O)NC2CCS(=O)(=O)C2)cc1. The van der Waals surface area contributed by atoms with Crippen molar-refractivity contribution in [3.63, 3.8) is 0 Å². The van der Waals surface area contributed by atoms with E-state index in [4.69, 9.17) is 0 Å². The standard InChI is InChI=1S/C20H22N2O4S/c1-13-4-3-5-14(2)18(13)22-20(24)16-8-6-15(7-9-16)19(23)21-17-10-11-27(25,26)12-17/h3-9,17H,10-12H2,1-2H3,(H,21,23)(H,22,24). The second-order valence-corrected chi connectivity index (χ2v) is 9.10. The van der Waals surface area contributed by atoms with Gasteiger partial charge < -0.3 is 10.6 Å². The zero-order chi connectivity index (χ0) is 19.6. The molecule has 0 aromatic heterocycles. The minimum Gasteiger partial charge on any atom is -0.348 e. The number of carbonyl (C=O) groups excluding carboxylic acids is 2. The summed E-state index contributed by atoms with van der Waals surface area (Å²) in [5, 5.41) is 5.64. The fourth-order valence-corrected chi connectivity index (χ4v) is 4.82. The van der Waals surface area contributed by atoms with Crippen molar-refractivity contribution in [3.8, 4) is 0 Å². The molecule has 0 saturated carbocycles. The second-order valence-electron chi connectivity index (χ2n) is 6.87. The molecule has 1 heterocycles. The van der Waals surface area contributed by atoms with Crippen LogP contribution in [0.5, 0.6) is 0 Å². The minimum absolute atomic E-state index is 0.0188. The molecule has 27 heavy (non-hydrogen) atoms. The maximum Gasteiger partial charge on any atom is 0.255 e. The normalized spacial score (nSPS) is 18.1. The highest BCUT2D eigenvalue weighted by molar-refractivity contribution is 7.91. The first-order valence-corrected chi connectivity index (χ1v) is 10.6. The number of aryl methyl sites for hydroxylation is 2. The van der Waals surface area contributed by atoms with Crippen LogP contribution >= 0.6 is 0 Å². The van der Waals surface area contributed by atoms with E-state index in [-0.39, 0.29) is 29.4 Å². The smallest absolute Gasteiger partial charge is 0.255 e. The molecule has 0 bridgehead atoms. The summed E-state index contributed by atoms with van der Waals surface area (Å²) in [6.45, 7) is 3.86. The van der Waals surface area contributed by atoms with Crippen molar-refractivity contribution >= 4 is 27.3 Å². The lowest BCUT2D eigenvalue weighted by Crippen LogP contribution is -2.35. The monoisotopic (exact) mass is 386 g/mol. The molecular weight excluding hydrogens is 364 g/mol. The predicted molar refractivity (Wildman–Crippen MR) is 105 cm³/mol. The summed E-state index contributed by atoms with van der Waals surface area (Å²) in [5.41, 5.74) is 3.57. The fourth-order valence-electron chi connectivity index (χ4n) is 3.15. The number of rotatable bonds is 4.